The maximum absolute atomic E-state index is 13.4. The number of carbonyl (C=O) groups is 3. The highest BCUT2D eigenvalue weighted by Crippen LogP contribution is 2.27. The van der Waals surface area contributed by atoms with E-state index in [0.717, 1.165) is 4.90 Å². The second-order valence-corrected chi connectivity index (χ2v) is 5.69. The van der Waals surface area contributed by atoms with Crippen molar-refractivity contribution in [2.75, 3.05) is 13.1 Å². The number of hydrogen-bond acceptors (Lipinski definition) is 4. The predicted octanol–water partition coefficient (Wildman–Crippen LogP) is 1.93. The summed E-state index contributed by atoms with van der Waals surface area (Å²) < 4.78 is 18.9. The SMILES string of the molecule is CC(=O)NCCN(C(=O)c1oc2ccc(F)cc2c1C)C(C)C(=O)O. The highest BCUT2D eigenvalue weighted by Gasteiger charge is 2.30. The first-order valence-electron chi connectivity index (χ1n) is 7.69. The molecule has 0 aliphatic heterocycles. The number of hydrogen-bond donors (Lipinski definition) is 2. The molecule has 0 bridgehead atoms. The minimum absolute atomic E-state index is 0.00325. The summed E-state index contributed by atoms with van der Waals surface area (Å²) >= 11 is 0. The van der Waals surface area contributed by atoms with E-state index in [4.69, 9.17) is 4.42 Å². The van der Waals surface area contributed by atoms with Crippen LogP contribution in [-0.4, -0.2) is 46.9 Å². The number of nitrogens with one attached hydrogen (secondary N) is 1. The number of halogens is 1. The molecule has 2 rings (SSSR count). The molecular weight excluding hydrogens is 331 g/mol. The first kappa shape index (κ1) is 18.4. The molecule has 1 aromatic heterocycles. The zero-order valence-electron chi connectivity index (χ0n) is 14.1. The van der Waals surface area contributed by atoms with Crippen molar-refractivity contribution in [2.45, 2.75) is 26.8 Å². The Kier molecular flexibility index (Phi) is 5.41. The van der Waals surface area contributed by atoms with Gasteiger partial charge in [-0.2, -0.15) is 0 Å². The third-order valence-corrected chi connectivity index (χ3v) is 3.90. The summed E-state index contributed by atoms with van der Waals surface area (Å²) in [5, 5.41) is 12.2. The van der Waals surface area contributed by atoms with Gasteiger partial charge in [-0.3, -0.25) is 9.59 Å². The van der Waals surface area contributed by atoms with E-state index in [2.05, 4.69) is 5.32 Å². The average Bonchev–Trinajstić information content (AvgIpc) is 2.86. The van der Waals surface area contributed by atoms with Crippen molar-refractivity contribution >= 4 is 28.8 Å². The number of benzene rings is 1. The van der Waals surface area contributed by atoms with Crippen LogP contribution in [0.1, 0.15) is 30.0 Å². The molecule has 0 fully saturated rings. The van der Waals surface area contributed by atoms with E-state index in [-0.39, 0.29) is 24.8 Å². The second-order valence-electron chi connectivity index (χ2n) is 5.69. The number of fused-ring (bicyclic) bond motifs is 1. The van der Waals surface area contributed by atoms with Crippen LogP contribution in [0.2, 0.25) is 0 Å². The Bertz CT molecular complexity index is 830. The molecule has 25 heavy (non-hydrogen) atoms. The van der Waals surface area contributed by atoms with Crippen molar-refractivity contribution in [1.82, 2.24) is 10.2 Å². The Morgan fingerprint density at radius 2 is 2.04 bits per heavy atom. The molecule has 1 unspecified atom stereocenters. The number of carboxylic acid groups (broad SMARTS) is 1. The minimum atomic E-state index is -1.18. The van der Waals surface area contributed by atoms with E-state index in [1.54, 1.807) is 6.92 Å². The fourth-order valence-electron chi connectivity index (χ4n) is 2.48. The van der Waals surface area contributed by atoms with Gasteiger partial charge in [0.1, 0.15) is 17.4 Å². The third kappa shape index (κ3) is 3.96. The standard InChI is InChI=1S/C17H19FN2O5/c1-9-13-8-12(18)4-5-14(13)25-15(9)16(22)20(10(2)17(23)24)7-6-19-11(3)21/h4-5,8,10H,6-7H2,1-3H3,(H,19,21)(H,23,24). The first-order chi connectivity index (χ1) is 11.7. The molecule has 1 atom stereocenters. The van der Waals surface area contributed by atoms with E-state index in [1.165, 1.54) is 32.0 Å². The van der Waals surface area contributed by atoms with Gasteiger partial charge in [0.05, 0.1) is 0 Å². The van der Waals surface area contributed by atoms with E-state index < -0.39 is 23.7 Å². The number of carboxylic acids is 1. The van der Waals surface area contributed by atoms with Gasteiger partial charge in [0, 0.05) is 31.0 Å². The molecule has 2 amide bonds. The van der Waals surface area contributed by atoms with Gasteiger partial charge in [0.25, 0.3) is 5.91 Å². The molecule has 0 saturated carbocycles. The van der Waals surface area contributed by atoms with E-state index in [9.17, 15) is 23.9 Å². The number of nitrogens with zero attached hydrogens (tertiary/aromatic N) is 1. The molecular formula is C17H19FN2O5. The highest BCUT2D eigenvalue weighted by molar-refractivity contribution is 6.00. The topological polar surface area (TPSA) is 99.9 Å². The van der Waals surface area contributed by atoms with E-state index >= 15 is 0 Å². The third-order valence-electron chi connectivity index (χ3n) is 3.90. The summed E-state index contributed by atoms with van der Waals surface area (Å²) in [4.78, 5) is 36.2. The van der Waals surface area contributed by atoms with Gasteiger partial charge >= 0.3 is 5.97 Å². The van der Waals surface area contributed by atoms with Crippen LogP contribution in [0.4, 0.5) is 4.39 Å². The first-order valence-corrected chi connectivity index (χ1v) is 7.69. The van der Waals surface area contributed by atoms with Gasteiger partial charge in [0.2, 0.25) is 5.91 Å². The largest absolute Gasteiger partial charge is 0.480 e. The van der Waals surface area contributed by atoms with Gasteiger partial charge in [-0.15, -0.1) is 0 Å². The number of aryl methyl sites for hydroxylation is 1. The maximum Gasteiger partial charge on any atom is 0.326 e. The maximum atomic E-state index is 13.4. The van der Waals surface area contributed by atoms with Crippen molar-refractivity contribution in [3.8, 4) is 0 Å². The lowest BCUT2D eigenvalue weighted by Crippen LogP contribution is -2.46. The molecule has 2 aromatic rings. The lowest BCUT2D eigenvalue weighted by Gasteiger charge is -2.26. The van der Waals surface area contributed by atoms with Crippen molar-refractivity contribution in [3.05, 3.63) is 35.3 Å². The number of amides is 2. The monoisotopic (exact) mass is 350 g/mol. The molecule has 0 aliphatic carbocycles. The van der Waals surface area contributed by atoms with Crippen LogP contribution < -0.4 is 5.32 Å². The molecule has 0 saturated heterocycles. The fourth-order valence-corrected chi connectivity index (χ4v) is 2.48. The van der Waals surface area contributed by atoms with Crippen molar-refractivity contribution in [1.29, 1.82) is 0 Å². The molecule has 1 aromatic carbocycles. The molecule has 0 spiro atoms. The minimum Gasteiger partial charge on any atom is -0.480 e. The Morgan fingerprint density at radius 1 is 1.36 bits per heavy atom. The molecule has 0 radical (unpaired) electrons. The van der Waals surface area contributed by atoms with Crippen LogP contribution in [-0.2, 0) is 9.59 Å². The van der Waals surface area contributed by atoms with Crippen molar-refractivity contribution in [2.24, 2.45) is 0 Å². The zero-order valence-corrected chi connectivity index (χ0v) is 14.1. The molecule has 2 N–H and O–H groups in total. The lowest BCUT2D eigenvalue weighted by atomic mass is 10.1. The summed E-state index contributed by atoms with van der Waals surface area (Å²) in [5.74, 6) is -2.61. The second kappa shape index (κ2) is 7.33. The lowest BCUT2D eigenvalue weighted by molar-refractivity contribution is -0.141. The number of aliphatic carboxylic acids is 1. The number of furan rings is 1. The Labute approximate surface area is 143 Å². The van der Waals surface area contributed by atoms with Crippen molar-refractivity contribution in [3.63, 3.8) is 0 Å². The van der Waals surface area contributed by atoms with Crippen LogP contribution in [0.15, 0.2) is 22.6 Å². The fraction of sp³-hybridized carbons (Fsp3) is 0.353. The van der Waals surface area contributed by atoms with Gasteiger partial charge in [-0.05, 0) is 32.0 Å². The van der Waals surface area contributed by atoms with Crippen molar-refractivity contribution < 1.29 is 28.3 Å². The van der Waals surface area contributed by atoms with Gasteiger partial charge < -0.3 is 19.7 Å². The smallest absolute Gasteiger partial charge is 0.326 e. The Morgan fingerprint density at radius 3 is 2.64 bits per heavy atom. The van der Waals surface area contributed by atoms with Gasteiger partial charge in [-0.25, -0.2) is 9.18 Å². The van der Waals surface area contributed by atoms with Crippen LogP contribution in [0.25, 0.3) is 11.0 Å². The Hall–Kier alpha value is -2.90. The summed E-state index contributed by atoms with van der Waals surface area (Å²) in [6, 6.07) is 2.77. The number of rotatable bonds is 6. The van der Waals surface area contributed by atoms with Crippen LogP contribution in [0.3, 0.4) is 0 Å². The van der Waals surface area contributed by atoms with Gasteiger partial charge in [-0.1, -0.05) is 0 Å². The summed E-state index contributed by atoms with van der Waals surface area (Å²) in [6.45, 7) is 4.40. The van der Waals surface area contributed by atoms with Crippen LogP contribution in [0, 0.1) is 12.7 Å². The predicted molar refractivity (Wildman–Crippen MR) is 87.7 cm³/mol. The highest BCUT2D eigenvalue weighted by atomic mass is 19.1. The molecule has 7 nitrogen and oxygen atoms in total. The average molecular weight is 350 g/mol. The van der Waals surface area contributed by atoms with Crippen LogP contribution in [0.5, 0.6) is 0 Å². The van der Waals surface area contributed by atoms with Crippen LogP contribution >= 0.6 is 0 Å². The summed E-state index contributed by atoms with van der Waals surface area (Å²) in [5.41, 5.74) is 0.772. The zero-order chi connectivity index (χ0) is 18.7. The summed E-state index contributed by atoms with van der Waals surface area (Å²) in [7, 11) is 0. The molecule has 8 heteroatoms. The van der Waals surface area contributed by atoms with Gasteiger partial charge in [0.15, 0.2) is 5.76 Å². The molecule has 134 valence electrons. The van der Waals surface area contributed by atoms with E-state index in [0.29, 0.717) is 16.5 Å². The Balaban J connectivity index is 2.36. The van der Waals surface area contributed by atoms with E-state index in [1.807, 2.05) is 0 Å². The summed E-state index contributed by atoms with van der Waals surface area (Å²) in [6.07, 6.45) is 0. The molecule has 0 aliphatic rings. The quantitative estimate of drug-likeness (QED) is 0.829. The molecule has 1 heterocycles. The number of carbonyl (C=O) groups excluding carboxylic acids is 2. The normalized spacial score (nSPS) is 12.0.